The first kappa shape index (κ1) is 38.4. The lowest BCUT2D eigenvalue weighted by Gasteiger charge is -2.38. The van der Waals surface area contributed by atoms with E-state index in [2.05, 4.69) is 0 Å². The van der Waals surface area contributed by atoms with E-state index in [1.807, 2.05) is 12.1 Å². The summed E-state index contributed by atoms with van der Waals surface area (Å²) in [6, 6.07) is 22.0. The molecule has 2 fully saturated rings. The third-order valence-electron chi connectivity index (χ3n) is 13.5. The van der Waals surface area contributed by atoms with Crippen LogP contribution in [0.15, 0.2) is 78.9 Å². The summed E-state index contributed by atoms with van der Waals surface area (Å²) >= 11 is 30.0. The number of hydrogen-bond donors (Lipinski definition) is 0. The van der Waals surface area contributed by atoms with Crippen LogP contribution in [0.5, 0.6) is 0 Å². The van der Waals surface area contributed by atoms with Gasteiger partial charge < -0.3 is 4.57 Å². The highest BCUT2D eigenvalue weighted by atomic mass is 35.5. The number of nitrogens with zero attached hydrogens (tertiary/aromatic N) is 2. The van der Waals surface area contributed by atoms with E-state index in [-0.39, 0.29) is 65.1 Å². The number of hydrogen-bond acceptors (Lipinski definition) is 5. The van der Waals surface area contributed by atoms with Crippen LogP contribution in [0.3, 0.4) is 0 Å². The number of carbonyl (C=O) groups excluding carboxylic acids is 4. The summed E-state index contributed by atoms with van der Waals surface area (Å²) in [6.45, 7) is 0. The number of halogens is 4. The predicted octanol–water partition coefficient (Wildman–Crippen LogP) is 11.8. The topological polar surface area (TPSA) is 91.8 Å². The van der Waals surface area contributed by atoms with Crippen molar-refractivity contribution in [3.05, 3.63) is 121 Å². The molecule has 2 aliphatic heterocycles. The highest BCUT2D eigenvalue weighted by Gasteiger charge is 2.47. The molecule has 60 heavy (non-hydrogen) atoms. The normalized spacial score (nSPS) is 18.0. The summed E-state index contributed by atoms with van der Waals surface area (Å²) in [5, 5.41) is 4.28. The monoisotopic (exact) mass is 890 g/mol. The van der Waals surface area contributed by atoms with E-state index in [4.69, 9.17) is 46.4 Å². The minimum Gasteiger partial charge on any atom is -0.309 e. The number of benzene rings is 7. The maximum absolute atomic E-state index is 16.7. The van der Waals surface area contributed by atoms with Crippen molar-refractivity contribution in [3.8, 4) is 0 Å². The fraction of sp³-hybridized carbons (Fsp3) is 0.250. The Balaban J connectivity index is 1.35. The lowest BCUT2D eigenvalue weighted by molar-refractivity contribution is 0.0488. The van der Waals surface area contributed by atoms with E-state index in [0.29, 0.717) is 74.0 Å². The molecule has 2 aliphatic carbocycles. The third-order valence-corrected chi connectivity index (χ3v) is 18.0. The van der Waals surface area contributed by atoms with Gasteiger partial charge in [0, 0.05) is 80.9 Å². The second-order valence-corrected chi connectivity index (χ2v) is 20.9. The van der Waals surface area contributed by atoms with Crippen LogP contribution < -0.4 is 15.9 Å². The van der Waals surface area contributed by atoms with Crippen molar-refractivity contribution in [3.63, 3.8) is 0 Å². The predicted molar refractivity (Wildman–Crippen MR) is 242 cm³/mol. The van der Waals surface area contributed by atoms with Crippen LogP contribution in [0.25, 0.3) is 43.1 Å². The molecule has 4 amide bonds. The van der Waals surface area contributed by atoms with Gasteiger partial charge in [0.2, 0.25) is 0 Å². The Hall–Kier alpha value is -4.49. The number of fused-ring (bicyclic) bond motifs is 2. The van der Waals surface area contributed by atoms with Gasteiger partial charge in [-0.1, -0.05) is 146 Å². The van der Waals surface area contributed by atoms with Gasteiger partial charge in [-0.2, -0.15) is 0 Å². The third kappa shape index (κ3) is 5.13. The van der Waals surface area contributed by atoms with E-state index in [0.717, 1.165) is 38.5 Å². The first-order valence-electron chi connectivity index (χ1n) is 20.5. The Morgan fingerprint density at radius 3 is 1.28 bits per heavy atom. The minimum absolute atomic E-state index is 0.00373. The molecule has 0 bridgehead atoms. The van der Waals surface area contributed by atoms with Gasteiger partial charge in [0.15, 0.2) is 7.14 Å². The SMILES string of the molecule is O=C1c2cc(Cl)c3c4c(Cl)cc5c6c(c(P(=O)(c7ccccc7)c7ccccc7)c(Cl)c(c7c(Cl)cc(c2c37)C(=O)N1C1CCCCC1)c64)C(=O)N(C1CCCCC1)C5=O. The van der Waals surface area contributed by atoms with Gasteiger partial charge in [0.25, 0.3) is 23.6 Å². The molecular formula is C48H35Cl4N2O5P. The maximum Gasteiger partial charge on any atom is 0.262 e. The molecule has 0 radical (unpaired) electrons. The molecule has 0 N–H and O–H groups in total. The summed E-state index contributed by atoms with van der Waals surface area (Å²) in [4.78, 5) is 62.3. The molecular weight excluding hydrogens is 857 g/mol. The molecule has 11 rings (SSSR count). The maximum atomic E-state index is 16.7. The molecule has 2 heterocycles. The smallest absolute Gasteiger partial charge is 0.262 e. The molecule has 12 heteroatoms. The van der Waals surface area contributed by atoms with Gasteiger partial charge in [-0.25, -0.2) is 0 Å². The van der Waals surface area contributed by atoms with Gasteiger partial charge in [-0.3, -0.25) is 29.0 Å². The van der Waals surface area contributed by atoms with E-state index >= 15 is 9.36 Å². The van der Waals surface area contributed by atoms with E-state index in [1.54, 1.807) is 66.7 Å². The molecule has 7 aromatic rings. The van der Waals surface area contributed by atoms with Crippen LogP contribution in [0.2, 0.25) is 20.1 Å². The fourth-order valence-electron chi connectivity index (χ4n) is 10.9. The quantitative estimate of drug-likeness (QED) is 0.0743. The van der Waals surface area contributed by atoms with Gasteiger partial charge in [0.05, 0.1) is 32.6 Å². The van der Waals surface area contributed by atoms with Gasteiger partial charge >= 0.3 is 0 Å². The first-order valence-corrected chi connectivity index (χ1v) is 23.7. The van der Waals surface area contributed by atoms with Crippen LogP contribution >= 0.6 is 53.5 Å². The van der Waals surface area contributed by atoms with E-state index in [1.165, 1.54) is 9.80 Å². The Morgan fingerprint density at radius 1 is 0.450 bits per heavy atom. The molecule has 0 atom stereocenters. The van der Waals surface area contributed by atoms with Gasteiger partial charge in [-0.05, 0) is 43.9 Å². The van der Waals surface area contributed by atoms with Crippen LogP contribution in [0.4, 0.5) is 0 Å². The Morgan fingerprint density at radius 2 is 0.833 bits per heavy atom. The molecule has 4 aliphatic rings. The van der Waals surface area contributed by atoms with Crippen molar-refractivity contribution in [2.45, 2.75) is 76.3 Å². The molecule has 0 spiro atoms. The average molecular weight is 893 g/mol. The zero-order valence-corrected chi connectivity index (χ0v) is 36.0. The molecule has 7 aromatic carbocycles. The number of rotatable bonds is 5. The molecule has 300 valence electrons. The van der Waals surface area contributed by atoms with Crippen molar-refractivity contribution in [1.29, 1.82) is 0 Å². The molecule has 0 aromatic heterocycles. The number of amides is 4. The standard InChI is InChI=1S/C48H35Cl4N2O5P/c49-31-21-28-34-29(46(56)53(45(28)55)24-13-5-1-6-14-24)22-33(51)38-39(34)36(31)37-32(50)23-30-35-40(37)41(38)43(52)44(42(35)48(58)54(47(30)57)25-15-7-2-8-16-25)60(59,26-17-9-3-10-18-26)27-19-11-4-12-20-27/h3-4,9-12,17-25H,1-2,5-8,13-16H2. The van der Waals surface area contributed by atoms with Crippen LogP contribution in [-0.4, -0.2) is 45.5 Å². The minimum atomic E-state index is -4.08. The molecule has 2 saturated carbocycles. The highest BCUT2D eigenvalue weighted by molar-refractivity contribution is 7.85. The second-order valence-electron chi connectivity index (χ2n) is 16.6. The largest absolute Gasteiger partial charge is 0.309 e. The first-order chi connectivity index (χ1) is 29.0. The van der Waals surface area contributed by atoms with Crippen molar-refractivity contribution < 1.29 is 23.7 Å². The zero-order chi connectivity index (χ0) is 41.4. The molecule has 7 nitrogen and oxygen atoms in total. The Bertz CT molecular complexity index is 3060. The van der Waals surface area contributed by atoms with E-state index in [9.17, 15) is 14.4 Å². The number of imide groups is 2. The molecule has 0 unspecified atom stereocenters. The number of carbonyl (C=O) groups is 4. The summed E-state index contributed by atoms with van der Waals surface area (Å²) in [7, 11) is -4.08. The lowest BCUT2D eigenvalue weighted by Crippen LogP contribution is -2.49. The zero-order valence-electron chi connectivity index (χ0n) is 32.1. The van der Waals surface area contributed by atoms with Crippen molar-refractivity contribution >= 4 is 136 Å². The van der Waals surface area contributed by atoms with Crippen molar-refractivity contribution in [1.82, 2.24) is 9.80 Å². The van der Waals surface area contributed by atoms with Gasteiger partial charge in [-0.15, -0.1) is 0 Å². The van der Waals surface area contributed by atoms with Crippen LogP contribution in [0, 0.1) is 0 Å². The summed E-state index contributed by atoms with van der Waals surface area (Å²) < 4.78 is 16.7. The summed E-state index contributed by atoms with van der Waals surface area (Å²) in [6.07, 6.45) is 8.26. The van der Waals surface area contributed by atoms with Crippen LogP contribution in [0.1, 0.15) is 106 Å². The van der Waals surface area contributed by atoms with Crippen LogP contribution in [-0.2, 0) is 4.57 Å². The second kappa shape index (κ2) is 14.0. The fourth-order valence-corrected chi connectivity index (χ4v) is 15.3. The Labute approximate surface area is 365 Å². The molecule has 0 saturated heterocycles. The van der Waals surface area contributed by atoms with Crippen molar-refractivity contribution in [2.75, 3.05) is 0 Å². The highest BCUT2D eigenvalue weighted by Crippen LogP contribution is 2.57. The lowest BCUT2D eigenvalue weighted by atomic mass is 9.81. The summed E-state index contributed by atoms with van der Waals surface area (Å²) in [5.74, 6) is -1.94. The Kier molecular flexibility index (Phi) is 8.98. The summed E-state index contributed by atoms with van der Waals surface area (Å²) in [5.41, 5.74) is 0.764. The van der Waals surface area contributed by atoms with E-state index < -0.39 is 30.8 Å². The van der Waals surface area contributed by atoms with Crippen molar-refractivity contribution in [2.24, 2.45) is 0 Å². The average Bonchev–Trinajstić information content (AvgIpc) is 3.27. The van der Waals surface area contributed by atoms with Gasteiger partial charge in [0.1, 0.15) is 0 Å².